The summed E-state index contributed by atoms with van der Waals surface area (Å²) in [5, 5.41) is 0. The molecule has 4 heteroatoms. The topological polar surface area (TPSA) is 26.0 Å². The van der Waals surface area contributed by atoms with E-state index in [9.17, 15) is 13.2 Å². The average Bonchev–Trinajstić information content (AvgIpc) is 2.25. The van der Waals surface area contributed by atoms with E-state index >= 15 is 0 Å². The number of rotatable bonds is 4. The molecular weight excluding hydrogens is 215 g/mol. The lowest BCUT2D eigenvalue weighted by Crippen LogP contribution is -2.15. The number of nitrogens with two attached hydrogens (primary N) is 1. The second-order valence-electron chi connectivity index (χ2n) is 3.86. The van der Waals surface area contributed by atoms with Gasteiger partial charge in [0, 0.05) is 12.5 Å². The highest BCUT2D eigenvalue weighted by Gasteiger charge is 2.27. The van der Waals surface area contributed by atoms with Crippen LogP contribution in [-0.4, -0.2) is 6.18 Å². The fourth-order valence-electron chi connectivity index (χ4n) is 1.53. The predicted molar refractivity (Wildman–Crippen MR) is 58.0 cm³/mol. The maximum absolute atomic E-state index is 12.0. The number of benzene rings is 1. The minimum Gasteiger partial charge on any atom is -0.324 e. The lowest BCUT2D eigenvalue weighted by molar-refractivity contribution is -0.136. The molecular formula is C12H16F3N. The van der Waals surface area contributed by atoms with Gasteiger partial charge in [-0.2, -0.15) is 13.2 Å². The van der Waals surface area contributed by atoms with Gasteiger partial charge in [0.05, 0.1) is 0 Å². The van der Waals surface area contributed by atoms with Crippen molar-refractivity contribution in [1.29, 1.82) is 0 Å². The van der Waals surface area contributed by atoms with Crippen LogP contribution in [0.4, 0.5) is 13.2 Å². The molecule has 0 aliphatic carbocycles. The number of hydrogen-bond acceptors (Lipinski definition) is 1. The Bertz CT molecular complexity index is 333. The Hall–Kier alpha value is -1.03. The quantitative estimate of drug-likeness (QED) is 0.841. The van der Waals surface area contributed by atoms with Gasteiger partial charge in [-0.3, -0.25) is 0 Å². The molecule has 1 atom stereocenters. The molecule has 0 aromatic heterocycles. The van der Waals surface area contributed by atoms with E-state index in [4.69, 9.17) is 5.73 Å². The molecule has 0 aliphatic rings. The summed E-state index contributed by atoms with van der Waals surface area (Å²) in [7, 11) is 0. The van der Waals surface area contributed by atoms with Gasteiger partial charge in [-0.25, -0.2) is 0 Å². The van der Waals surface area contributed by atoms with E-state index in [0.29, 0.717) is 0 Å². The monoisotopic (exact) mass is 231 g/mol. The zero-order valence-electron chi connectivity index (χ0n) is 9.22. The van der Waals surface area contributed by atoms with Crippen molar-refractivity contribution < 1.29 is 13.2 Å². The first kappa shape index (κ1) is 13.0. The average molecular weight is 231 g/mol. The summed E-state index contributed by atoms with van der Waals surface area (Å²) in [4.78, 5) is 0. The van der Waals surface area contributed by atoms with Crippen molar-refractivity contribution in [2.24, 2.45) is 5.73 Å². The molecule has 0 aliphatic heterocycles. The second-order valence-corrected chi connectivity index (χ2v) is 3.86. The van der Waals surface area contributed by atoms with Crippen LogP contribution < -0.4 is 5.73 Å². The summed E-state index contributed by atoms with van der Waals surface area (Å²) in [6, 6.07) is 6.90. The zero-order valence-corrected chi connectivity index (χ0v) is 9.22. The maximum atomic E-state index is 12.0. The molecule has 0 saturated carbocycles. The van der Waals surface area contributed by atoms with E-state index in [0.717, 1.165) is 17.5 Å². The van der Waals surface area contributed by atoms with Gasteiger partial charge >= 0.3 is 6.18 Å². The maximum Gasteiger partial charge on any atom is 0.389 e. The molecule has 0 fully saturated rings. The molecule has 0 bridgehead atoms. The normalized spacial score (nSPS) is 13.8. The van der Waals surface area contributed by atoms with Gasteiger partial charge < -0.3 is 5.73 Å². The van der Waals surface area contributed by atoms with Crippen LogP contribution in [0.1, 0.15) is 36.9 Å². The Morgan fingerprint density at radius 1 is 1.31 bits per heavy atom. The predicted octanol–water partition coefficient (Wildman–Crippen LogP) is 3.59. The number of aryl methyl sites for hydroxylation is 1. The molecule has 2 N–H and O–H groups in total. The minimum atomic E-state index is -4.13. The van der Waals surface area contributed by atoms with Crippen LogP contribution in [0.25, 0.3) is 0 Å². The first-order chi connectivity index (χ1) is 7.42. The third kappa shape index (κ3) is 4.23. The van der Waals surface area contributed by atoms with E-state index in [1.807, 2.05) is 25.1 Å². The van der Waals surface area contributed by atoms with Crippen molar-refractivity contribution >= 4 is 0 Å². The van der Waals surface area contributed by atoms with Gasteiger partial charge in [0.25, 0.3) is 0 Å². The molecule has 90 valence electrons. The molecule has 0 radical (unpaired) electrons. The number of halogens is 3. The summed E-state index contributed by atoms with van der Waals surface area (Å²) in [5.41, 5.74) is 7.60. The van der Waals surface area contributed by atoms with Crippen molar-refractivity contribution in [3.8, 4) is 0 Å². The fraction of sp³-hybridized carbons (Fsp3) is 0.500. The van der Waals surface area contributed by atoms with Crippen LogP contribution >= 0.6 is 0 Å². The smallest absolute Gasteiger partial charge is 0.324 e. The Balaban J connectivity index is 2.62. The molecule has 16 heavy (non-hydrogen) atoms. The lowest BCUT2D eigenvalue weighted by atomic mass is 10.00. The summed E-state index contributed by atoms with van der Waals surface area (Å²) < 4.78 is 36.1. The van der Waals surface area contributed by atoms with Crippen LogP contribution in [0.3, 0.4) is 0 Å². The molecule has 1 aromatic carbocycles. The molecule has 1 aromatic rings. The summed E-state index contributed by atoms with van der Waals surface area (Å²) in [6.07, 6.45) is -4.15. The highest BCUT2D eigenvalue weighted by Crippen LogP contribution is 2.26. The van der Waals surface area contributed by atoms with E-state index in [-0.39, 0.29) is 6.42 Å². The third-order valence-corrected chi connectivity index (χ3v) is 2.53. The molecule has 1 nitrogen and oxygen atoms in total. The van der Waals surface area contributed by atoms with Crippen molar-refractivity contribution in [2.45, 2.75) is 38.4 Å². The van der Waals surface area contributed by atoms with Gasteiger partial charge in [-0.15, -0.1) is 0 Å². The van der Waals surface area contributed by atoms with Crippen molar-refractivity contribution in [1.82, 2.24) is 0 Å². The van der Waals surface area contributed by atoms with Gasteiger partial charge in [-0.1, -0.05) is 31.2 Å². The van der Waals surface area contributed by atoms with Gasteiger partial charge in [0.1, 0.15) is 0 Å². The van der Waals surface area contributed by atoms with Crippen molar-refractivity contribution in [2.75, 3.05) is 0 Å². The Morgan fingerprint density at radius 3 is 2.56 bits per heavy atom. The zero-order chi connectivity index (χ0) is 12.2. The van der Waals surface area contributed by atoms with E-state index < -0.39 is 18.6 Å². The highest BCUT2D eigenvalue weighted by molar-refractivity contribution is 5.25. The van der Waals surface area contributed by atoms with Crippen LogP contribution in [0.5, 0.6) is 0 Å². The first-order valence-corrected chi connectivity index (χ1v) is 5.33. The third-order valence-electron chi connectivity index (χ3n) is 2.53. The molecule has 1 rings (SSSR count). The Labute approximate surface area is 93.5 Å². The summed E-state index contributed by atoms with van der Waals surface area (Å²) in [5.74, 6) is 0. The van der Waals surface area contributed by atoms with Crippen LogP contribution in [0.2, 0.25) is 0 Å². The first-order valence-electron chi connectivity index (χ1n) is 5.33. The highest BCUT2D eigenvalue weighted by atomic mass is 19.4. The van der Waals surface area contributed by atoms with E-state index in [2.05, 4.69) is 0 Å². The molecule has 0 heterocycles. The fourth-order valence-corrected chi connectivity index (χ4v) is 1.53. The number of hydrogen-bond donors (Lipinski definition) is 1. The molecule has 0 spiro atoms. The molecule has 1 unspecified atom stereocenters. The minimum absolute atomic E-state index is 0.0589. The standard InChI is InChI=1S/C12H16F3N/c1-2-9-4-3-5-10(8-9)11(16)6-7-12(13,14)15/h3-5,8,11H,2,6-7,16H2,1H3. The Morgan fingerprint density at radius 2 is 2.00 bits per heavy atom. The van der Waals surface area contributed by atoms with E-state index in [1.165, 1.54) is 0 Å². The van der Waals surface area contributed by atoms with Crippen molar-refractivity contribution in [3.05, 3.63) is 35.4 Å². The van der Waals surface area contributed by atoms with Crippen LogP contribution in [-0.2, 0) is 6.42 Å². The summed E-state index contributed by atoms with van der Waals surface area (Å²) >= 11 is 0. The van der Waals surface area contributed by atoms with Gasteiger partial charge in [0.15, 0.2) is 0 Å². The molecule has 0 saturated heterocycles. The SMILES string of the molecule is CCc1cccc(C(N)CCC(F)(F)F)c1. The second kappa shape index (κ2) is 5.34. The lowest BCUT2D eigenvalue weighted by Gasteiger charge is -2.14. The van der Waals surface area contributed by atoms with Gasteiger partial charge in [0.2, 0.25) is 0 Å². The van der Waals surface area contributed by atoms with Crippen molar-refractivity contribution in [3.63, 3.8) is 0 Å². The Kier molecular flexibility index (Phi) is 4.35. The number of alkyl halides is 3. The largest absolute Gasteiger partial charge is 0.389 e. The van der Waals surface area contributed by atoms with Crippen LogP contribution in [0, 0.1) is 0 Å². The van der Waals surface area contributed by atoms with Gasteiger partial charge in [-0.05, 0) is 24.0 Å². The van der Waals surface area contributed by atoms with Crippen LogP contribution in [0.15, 0.2) is 24.3 Å². The van der Waals surface area contributed by atoms with E-state index in [1.54, 1.807) is 6.07 Å². The molecule has 0 amide bonds. The summed E-state index contributed by atoms with van der Waals surface area (Å²) in [6.45, 7) is 2.00.